The number of aliphatic imine (C=N–C) groups is 1. The monoisotopic (exact) mass is 581 g/mol. The van der Waals surface area contributed by atoms with E-state index in [0.717, 1.165) is 24.3 Å². The van der Waals surface area contributed by atoms with E-state index in [1.165, 1.54) is 19.2 Å². The normalized spacial score (nSPS) is 16.8. The zero-order chi connectivity index (χ0) is 29.1. The fourth-order valence-corrected chi connectivity index (χ4v) is 5.39. The highest BCUT2D eigenvalue weighted by molar-refractivity contribution is 7.92. The number of benzene rings is 3. The Bertz CT molecular complexity index is 1510. The molecule has 0 amide bonds. The Morgan fingerprint density at radius 1 is 1.05 bits per heavy atom. The van der Waals surface area contributed by atoms with E-state index >= 15 is 4.39 Å². The second-order valence-electron chi connectivity index (χ2n) is 8.97. The summed E-state index contributed by atoms with van der Waals surface area (Å²) < 4.78 is 99.8. The molecular weight excluding hydrogens is 554 g/mol. The molecule has 1 heterocycles. The van der Waals surface area contributed by atoms with Crippen LogP contribution in [-0.4, -0.2) is 34.9 Å². The Labute approximate surface area is 228 Å². The number of methoxy groups -OCH3 is 1. The van der Waals surface area contributed by atoms with Crippen LogP contribution >= 0.6 is 0 Å². The van der Waals surface area contributed by atoms with Crippen LogP contribution in [0.4, 0.5) is 28.9 Å². The van der Waals surface area contributed by atoms with Crippen LogP contribution in [0, 0.1) is 11.7 Å². The quantitative estimate of drug-likeness (QED) is 0.229. The molecule has 1 aliphatic rings. The SMILES string of the molecule is COc1cc2c(cc1OCCCN)N=CC(C)C2Oc1ccc(NS(=O)(=O)c2ccccc2C(F)(F)F)cc1F. The molecule has 0 aromatic heterocycles. The Morgan fingerprint density at radius 3 is 2.48 bits per heavy atom. The maximum absolute atomic E-state index is 15.1. The first-order valence-electron chi connectivity index (χ1n) is 12.2. The van der Waals surface area contributed by atoms with E-state index in [0.29, 0.717) is 48.4 Å². The lowest BCUT2D eigenvalue weighted by Gasteiger charge is -2.28. The number of hydrogen-bond acceptors (Lipinski definition) is 7. The summed E-state index contributed by atoms with van der Waals surface area (Å²) >= 11 is 0. The molecule has 3 N–H and O–H groups in total. The van der Waals surface area contributed by atoms with Crippen LogP contribution < -0.4 is 24.7 Å². The van der Waals surface area contributed by atoms with E-state index < -0.39 is 38.6 Å². The molecule has 0 aliphatic carbocycles. The molecule has 13 heteroatoms. The van der Waals surface area contributed by atoms with Crippen molar-refractivity contribution in [1.29, 1.82) is 0 Å². The number of rotatable bonds is 10. The first kappa shape index (κ1) is 29.2. The van der Waals surface area contributed by atoms with Gasteiger partial charge in [-0.1, -0.05) is 19.1 Å². The fourth-order valence-electron chi connectivity index (χ4n) is 4.11. The van der Waals surface area contributed by atoms with E-state index in [1.807, 2.05) is 11.6 Å². The molecule has 0 bridgehead atoms. The average Bonchev–Trinajstić information content (AvgIpc) is 2.90. The van der Waals surface area contributed by atoms with Gasteiger partial charge in [0.1, 0.15) is 6.10 Å². The van der Waals surface area contributed by atoms with Gasteiger partial charge in [-0.3, -0.25) is 9.71 Å². The van der Waals surface area contributed by atoms with Crippen LogP contribution in [0.15, 0.2) is 64.5 Å². The lowest BCUT2D eigenvalue weighted by molar-refractivity contribution is -0.139. The van der Waals surface area contributed by atoms with Crippen LogP contribution in [0.5, 0.6) is 17.2 Å². The number of anilines is 1. The van der Waals surface area contributed by atoms with Gasteiger partial charge in [-0.25, -0.2) is 12.8 Å². The summed E-state index contributed by atoms with van der Waals surface area (Å²) in [5.41, 5.74) is 5.07. The number of sulfonamides is 1. The van der Waals surface area contributed by atoms with Crippen molar-refractivity contribution in [2.45, 2.75) is 30.5 Å². The molecule has 3 aromatic carbocycles. The highest BCUT2D eigenvalue weighted by Gasteiger charge is 2.37. The molecule has 2 atom stereocenters. The zero-order valence-corrected chi connectivity index (χ0v) is 22.4. The lowest BCUT2D eigenvalue weighted by Crippen LogP contribution is -2.21. The third-order valence-corrected chi connectivity index (χ3v) is 7.51. The summed E-state index contributed by atoms with van der Waals surface area (Å²) in [6.45, 7) is 2.67. The standard InChI is InChI=1S/C27H27F4N3O5S/c1-16-15-33-21-14-24(38-11-5-10-32)23(37-2)13-18(21)26(16)39-22-9-8-17(12-20(22)28)34-40(35,36)25-7-4-3-6-19(25)27(29,30)31/h3-4,6-9,12-16,26,34H,5,10-11,32H2,1-2H3. The molecule has 0 fully saturated rings. The van der Waals surface area contributed by atoms with Crippen LogP contribution in [0.2, 0.25) is 0 Å². The van der Waals surface area contributed by atoms with Crippen LogP contribution in [0.25, 0.3) is 0 Å². The molecule has 1 aliphatic heterocycles. The van der Waals surface area contributed by atoms with Crippen LogP contribution in [0.3, 0.4) is 0 Å². The number of ether oxygens (including phenoxy) is 3. The van der Waals surface area contributed by atoms with Gasteiger partial charge in [-0.2, -0.15) is 13.2 Å². The van der Waals surface area contributed by atoms with E-state index in [9.17, 15) is 21.6 Å². The van der Waals surface area contributed by atoms with E-state index in [4.69, 9.17) is 19.9 Å². The zero-order valence-electron chi connectivity index (χ0n) is 21.5. The number of halogens is 4. The molecule has 4 rings (SSSR count). The van der Waals surface area contributed by atoms with Crippen LogP contribution in [-0.2, 0) is 16.2 Å². The molecule has 8 nitrogen and oxygen atoms in total. The summed E-state index contributed by atoms with van der Waals surface area (Å²) in [6, 6.07) is 10.3. The van der Waals surface area contributed by atoms with Gasteiger partial charge in [0.05, 0.1) is 35.6 Å². The molecular formula is C27H27F4N3O5S. The number of nitrogens with zero attached hydrogens (tertiary/aromatic N) is 1. The fraction of sp³-hybridized carbons (Fsp3) is 0.296. The molecule has 0 saturated carbocycles. The Morgan fingerprint density at radius 2 is 1.80 bits per heavy atom. The largest absolute Gasteiger partial charge is 0.493 e. The molecule has 2 unspecified atom stereocenters. The van der Waals surface area contributed by atoms with Crippen molar-refractivity contribution in [3.63, 3.8) is 0 Å². The predicted octanol–water partition coefficient (Wildman–Crippen LogP) is 5.85. The number of nitrogens with two attached hydrogens (primary N) is 1. The van der Waals surface area contributed by atoms with Crippen molar-refractivity contribution in [3.8, 4) is 17.2 Å². The van der Waals surface area contributed by atoms with Crippen molar-refractivity contribution >= 4 is 27.6 Å². The molecule has 40 heavy (non-hydrogen) atoms. The van der Waals surface area contributed by atoms with E-state index in [1.54, 1.807) is 18.3 Å². The highest BCUT2D eigenvalue weighted by atomic mass is 32.2. The molecule has 214 valence electrons. The Balaban J connectivity index is 1.58. The van der Waals surface area contributed by atoms with Crippen LogP contribution in [0.1, 0.15) is 30.6 Å². The van der Waals surface area contributed by atoms with Crippen molar-refractivity contribution in [1.82, 2.24) is 0 Å². The number of fused-ring (bicyclic) bond motifs is 1. The Hall–Kier alpha value is -3.84. The minimum atomic E-state index is -4.90. The highest BCUT2D eigenvalue weighted by Crippen LogP contribution is 2.44. The van der Waals surface area contributed by atoms with Gasteiger partial charge in [0.25, 0.3) is 10.0 Å². The molecule has 3 aromatic rings. The van der Waals surface area contributed by atoms with Gasteiger partial charge < -0.3 is 19.9 Å². The number of hydrogen-bond donors (Lipinski definition) is 2. The van der Waals surface area contributed by atoms with Crippen molar-refractivity contribution in [3.05, 3.63) is 71.5 Å². The first-order valence-corrected chi connectivity index (χ1v) is 13.7. The van der Waals surface area contributed by atoms with Gasteiger partial charge in [0.15, 0.2) is 23.1 Å². The maximum atomic E-state index is 15.1. The average molecular weight is 582 g/mol. The van der Waals surface area contributed by atoms with Gasteiger partial charge in [-0.15, -0.1) is 0 Å². The summed E-state index contributed by atoms with van der Waals surface area (Å²) in [6.07, 6.45) is -3.28. The van der Waals surface area contributed by atoms with Crippen molar-refractivity contribution < 1.29 is 40.2 Å². The van der Waals surface area contributed by atoms with Gasteiger partial charge in [0.2, 0.25) is 0 Å². The van der Waals surface area contributed by atoms with E-state index in [-0.39, 0.29) is 17.4 Å². The second kappa shape index (κ2) is 11.7. The van der Waals surface area contributed by atoms with E-state index in [2.05, 4.69) is 4.99 Å². The lowest BCUT2D eigenvalue weighted by atomic mass is 9.93. The second-order valence-corrected chi connectivity index (χ2v) is 10.6. The minimum absolute atomic E-state index is 0.195. The Kier molecular flexibility index (Phi) is 8.54. The van der Waals surface area contributed by atoms with Crippen molar-refractivity contribution in [2.24, 2.45) is 16.6 Å². The number of alkyl halides is 3. The maximum Gasteiger partial charge on any atom is 0.417 e. The molecule has 0 spiro atoms. The first-order chi connectivity index (χ1) is 18.9. The minimum Gasteiger partial charge on any atom is -0.493 e. The van der Waals surface area contributed by atoms with Gasteiger partial charge >= 0.3 is 6.18 Å². The van der Waals surface area contributed by atoms with Gasteiger partial charge in [-0.05, 0) is 43.3 Å². The summed E-state index contributed by atoms with van der Waals surface area (Å²) in [5.74, 6) is -0.501. The summed E-state index contributed by atoms with van der Waals surface area (Å²) in [5, 5.41) is 0. The number of nitrogens with one attached hydrogen (secondary N) is 1. The van der Waals surface area contributed by atoms with Gasteiger partial charge in [0, 0.05) is 29.8 Å². The van der Waals surface area contributed by atoms with Crippen molar-refractivity contribution in [2.75, 3.05) is 25.0 Å². The topological polar surface area (TPSA) is 112 Å². The predicted molar refractivity (Wildman–Crippen MR) is 141 cm³/mol. The summed E-state index contributed by atoms with van der Waals surface area (Å²) in [4.78, 5) is 3.47. The molecule has 0 radical (unpaired) electrons. The molecule has 0 saturated heterocycles. The third-order valence-electron chi connectivity index (χ3n) is 6.07. The summed E-state index contributed by atoms with van der Waals surface area (Å²) in [7, 11) is -3.20. The third kappa shape index (κ3) is 6.31. The smallest absolute Gasteiger partial charge is 0.417 e.